The van der Waals surface area contributed by atoms with Gasteiger partial charge in [0.25, 0.3) is 5.69 Å². The number of non-ortho nitro benzene ring substituents is 1. The lowest BCUT2D eigenvalue weighted by molar-refractivity contribution is -0.384. The van der Waals surface area contributed by atoms with Crippen LogP contribution < -0.4 is 9.77 Å². The van der Waals surface area contributed by atoms with Crippen LogP contribution in [-0.4, -0.2) is 39.1 Å². The monoisotopic (exact) mass is 559 g/mol. The van der Waals surface area contributed by atoms with E-state index in [2.05, 4.69) is 0 Å². The molecule has 0 aliphatic carbocycles. The van der Waals surface area contributed by atoms with Gasteiger partial charge in [0.2, 0.25) is 11.8 Å². The molecule has 5 rings (SSSR count). The van der Waals surface area contributed by atoms with Gasteiger partial charge in [0.1, 0.15) is 11.8 Å². The summed E-state index contributed by atoms with van der Waals surface area (Å²) < 4.78 is 6.30. The third kappa shape index (κ3) is 4.34. The second-order valence-electron chi connectivity index (χ2n) is 8.31. The van der Waals surface area contributed by atoms with Gasteiger partial charge in [-0.05, 0) is 36.8 Å². The molecule has 1 aromatic heterocycles. The van der Waals surface area contributed by atoms with Gasteiger partial charge < -0.3 is 4.74 Å². The highest BCUT2D eigenvalue weighted by molar-refractivity contribution is 8.00. The average molecular weight is 560 g/mol. The van der Waals surface area contributed by atoms with E-state index in [1.54, 1.807) is 31.2 Å². The SMILES string of the molecule is CCOC(=O)Cn1c2c(sc1=O)C(c1ccc(Cl)cc1)C1C(=O)N(c3ccc([N+](=O)[O-])cc3)C(=O)C1S2. The topological polar surface area (TPSA) is 129 Å². The number of thioether (sulfide) groups is 1. The Morgan fingerprint density at radius 3 is 2.38 bits per heavy atom. The highest BCUT2D eigenvalue weighted by atomic mass is 35.5. The fourth-order valence-corrected chi connectivity index (χ4v) is 7.50. The van der Waals surface area contributed by atoms with Crippen molar-refractivity contribution in [3.05, 3.63) is 83.8 Å². The fraction of sp³-hybridized carbons (Fsp3) is 0.250. The summed E-state index contributed by atoms with van der Waals surface area (Å²) in [7, 11) is 0. The van der Waals surface area contributed by atoms with Crippen molar-refractivity contribution in [2.75, 3.05) is 11.5 Å². The summed E-state index contributed by atoms with van der Waals surface area (Å²) in [6.45, 7) is 1.50. The molecule has 37 heavy (non-hydrogen) atoms. The maximum absolute atomic E-state index is 13.8. The number of rotatable bonds is 6. The first-order valence-electron chi connectivity index (χ1n) is 11.1. The van der Waals surface area contributed by atoms with Crippen molar-refractivity contribution in [1.82, 2.24) is 4.57 Å². The van der Waals surface area contributed by atoms with Gasteiger partial charge in [0, 0.05) is 28.0 Å². The lowest BCUT2D eigenvalue weighted by Crippen LogP contribution is -2.32. The van der Waals surface area contributed by atoms with E-state index in [0.29, 0.717) is 20.5 Å². The number of carbonyl (C=O) groups is 3. The lowest BCUT2D eigenvalue weighted by atomic mass is 9.83. The Morgan fingerprint density at radius 2 is 1.76 bits per heavy atom. The molecular weight excluding hydrogens is 542 g/mol. The first-order chi connectivity index (χ1) is 17.7. The van der Waals surface area contributed by atoms with Crippen LogP contribution in [0.5, 0.6) is 0 Å². The molecule has 0 radical (unpaired) electrons. The number of anilines is 1. The van der Waals surface area contributed by atoms with Crippen LogP contribution in [0.4, 0.5) is 11.4 Å². The Morgan fingerprint density at radius 1 is 1.08 bits per heavy atom. The van der Waals surface area contributed by atoms with Gasteiger partial charge in [0.05, 0.1) is 28.2 Å². The predicted octanol–water partition coefficient (Wildman–Crippen LogP) is 3.83. The van der Waals surface area contributed by atoms with E-state index < -0.39 is 44.7 Å². The van der Waals surface area contributed by atoms with Gasteiger partial charge >= 0.3 is 10.8 Å². The van der Waals surface area contributed by atoms with Crippen LogP contribution >= 0.6 is 34.7 Å². The number of amides is 2. The summed E-state index contributed by atoms with van der Waals surface area (Å²) in [6.07, 6.45) is 0. The fourth-order valence-electron chi connectivity index (χ4n) is 4.60. The summed E-state index contributed by atoms with van der Waals surface area (Å²) >= 11 is 8.09. The Bertz CT molecular complexity index is 1480. The van der Waals surface area contributed by atoms with Gasteiger partial charge in [-0.1, -0.05) is 46.8 Å². The zero-order chi connectivity index (χ0) is 26.4. The number of esters is 1. The number of thiazole rings is 1. The molecule has 0 bridgehead atoms. The molecule has 13 heteroatoms. The standard InChI is InChI=1S/C24H18ClN3O7S2/c1-2-35-16(29)11-26-23-20(37-24(26)32)17(12-3-5-13(25)6-4-12)18-19(36-23)22(31)27(21(18)30)14-7-9-15(10-8-14)28(33)34/h3-10,17-19H,2,11H2,1H3. The second kappa shape index (κ2) is 9.77. The average Bonchev–Trinajstić information content (AvgIpc) is 3.31. The van der Waals surface area contributed by atoms with Gasteiger partial charge in [-0.3, -0.25) is 33.9 Å². The highest BCUT2D eigenvalue weighted by Gasteiger charge is 2.56. The molecule has 2 aromatic carbocycles. The van der Waals surface area contributed by atoms with Crippen LogP contribution in [0.1, 0.15) is 23.3 Å². The molecule has 0 spiro atoms. The number of aromatic nitrogens is 1. The molecule has 2 aliphatic heterocycles. The summed E-state index contributed by atoms with van der Waals surface area (Å²) in [5, 5.41) is 11.1. The molecule has 10 nitrogen and oxygen atoms in total. The molecule has 2 amide bonds. The summed E-state index contributed by atoms with van der Waals surface area (Å²) in [5.74, 6) is -3.04. The summed E-state index contributed by atoms with van der Waals surface area (Å²) in [6, 6.07) is 12.0. The zero-order valence-corrected chi connectivity index (χ0v) is 21.5. The first kappa shape index (κ1) is 25.2. The van der Waals surface area contributed by atoms with Gasteiger partial charge in [-0.15, -0.1) is 0 Å². The zero-order valence-electron chi connectivity index (χ0n) is 19.2. The maximum atomic E-state index is 13.8. The van der Waals surface area contributed by atoms with Crippen LogP contribution in [0.15, 0.2) is 58.4 Å². The number of nitro benzene ring substituents is 1. The van der Waals surface area contributed by atoms with Crippen LogP contribution in [0, 0.1) is 16.0 Å². The minimum absolute atomic E-state index is 0.155. The Hall–Kier alpha value is -3.48. The lowest BCUT2D eigenvalue weighted by Gasteiger charge is -2.30. The normalized spacial score (nSPS) is 20.5. The van der Waals surface area contributed by atoms with E-state index in [9.17, 15) is 29.3 Å². The number of hydrogen-bond acceptors (Lipinski definition) is 9. The quantitative estimate of drug-likeness (QED) is 0.193. The molecule has 3 atom stereocenters. The Labute approximate surface area is 222 Å². The smallest absolute Gasteiger partial charge is 0.326 e. The van der Waals surface area contributed by atoms with Gasteiger partial charge in [-0.2, -0.15) is 0 Å². The van der Waals surface area contributed by atoms with Crippen LogP contribution in [0.3, 0.4) is 0 Å². The number of carbonyl (C=O) groups excluding carboxylic acids is 3. The highest BCUT2D eigenvalue weighted by Crippen LogP contribution is 2.54. The van der Waals surface area contributed by atoms with Crippen LogP contribution in [0.25, 0.3) is 0 Å². The number of benzene rings is 2. The van der Waals surface area contributed by atoms with Crippen LogP contribution in [-0.2, 0) is 25.7 Å². The van der Waals surface area contributed by atoms with E-state index in [-0.39, 0.29) is 24.5 Å². The number of halogens is 1. The molecule has 2 aliphatic rings. The third-order valence-corrected chi connectivity index (χ3v) is 9.05. The van der Waals surface area contributed by atoms with Crippen LogP contribution in [0.2, 0.25) is 5.02 Å². The van der Waals surface area contributed by atoms with E-state index in [4.69, 9.17) is 16.3 Å². The number of ether oxygens (including phenoxy) is 1. The van der Waals surface area contributed by atoms with E-state index in [0.717, 1.165) is 28.0 Å². The molecule has 3 aromatic rings. The van der Waals surface area contributed by atoms with Crippen molar-refractivity contribution in [1.29, 1.82) is 0 Å². The van der Waals surface area contributed by atoms with E-state index >= 15 is 0 Å². The molecule has 1 saturated heterocycles. The van der Waals surface area contributed by atoms with Crippen molar-refractivity contribution in [3.63, 3.8) is 0 Å². The van der Waals surface area contributed by atoms with E-state index in [1.807, 2.05) is 0 Å². The third-order valence-electron chi connectivity index (χ3n) is 6.19. The van der Waals surface area contributed by atoms with Crippen molar-refractivity contribution >= 4 is 63.9 Å². The van der Waals surface area contributed by atoms with E-state index in [1.165, 1.54) is 28.8 Å². The number of fused-ring (bicyclic) bond motifs is 2. The number of nitrogens with zero attached hydrogens (tertiary/aromatic N) is 3. The Balaban J connectivity index is 1.61. The molecule has 3 heterocycles. The van der Waals surface area contributed by atoms with Gasteiger partial charge in [-0.25, -0.2) is 4.90 Å². The van der Waals surface area contributed by atoms with Crippen molar-refractivity contribution in [3.8, 4) is 0 Å². The first-order valence-corrected chi connectivity index (χ1v) is 13.2. The minimum atomic E-state index is -0.877. The largest absolute Gasteiger partial charge is 0.465 e. The molecule has 0 N–H and O–H groups in total. The molecule has 3 unspecified atom stereocenters. The maximum Gasteiger partial charge on any atom is 0.326 e. The summed E-state index contributed by atoms with van der Waals surface area (Å²) in [4.78, 5) is 64.2. The minimum Gasteiger partial charge on any atom is -0.465 e. The number of hydrogen-bond donors (Lipinski definition) is 0. The molecule has 190 valence electrons. The Kier molecular flexibility index (Phi) is 6.65. The predicted molar refractivity (Wildman–Crippen MR) is 137 cm³/mol. The van der Waals surface area contributed by atoms with Crippen molar-refractivity contribution in [2.24, 2.45) is 5.92 Å². The number of nitro groups is 1. The van der Waals surface area contributed by atoms with Crippen molar-refractivity contribution in [2.45, 2.75) is 29.7 Å². The molecular formula is C24H18ClN3O7S2. The second-order valence-corrected chi connectivity index (χ2v) is 10.9. The molecule has 1 fully saturated rings. The summed E-state index contributed by atoms with van der Waals surface area (Å²) in [5.41, 5.74) is 0.744. The van der Waals surface area contributed by atoms with Gasteiger partial charge in [0.15, 0.2) is 0 Å². The van der Waals surface area contributed by atoms with Crippen molar-refractivity contribution < 1.29 is 24.0 Å². The number of imide groups is 1. The molecule has 0 saturated carbocycles.